The molecule has 0 aliphatic rings. The Kier molecular flexibility index (Phi) is 7.11. The van der Waals surface area contributed by atoms with Crippen molar-refractivity contribution in [3.05, 3.63) is 70.9 Å². The number of carbonyl (C=O) groups excluding carboxylic acids is 1. The van der Waals surface area contributed by atoms with Crippen molar-refractivity contribution in [2.75, 3.05) is 5.32 Å². The van der Waals surface area contributed by atoms with Crippen LogP contribution in [-0.4, -0.2) is 21.0 Å². The third-order valence-corrected chi connectivity index (χ3v) is 7.56. The number of pyridine rings is 1. The summed E-state index contributed by atoms with van der Waals surface area (Å²) in [7, 11) is 0. The number of nitrogens with zero attached hydrogens (tertiary/aromatic N) is 3. The van der Waals surface area contributed by atoms with Crippen LogP contribution in [0.5, 0.6) is 0 Å². The highest BCUT2D eigenvalue weighted by atomic mass is 32.2. The maximum atomic E-state index is 12.9. The van der Waals surface area contributed by atoms with E-state index in [1.165, 1.54) is 28.7 Å². The highest BCUT2D eigenvalue weighted by Crippen LogP contribution is 2.40. The summed E-state index contributed by atoms with van der Waals surface area (Å²) < 4.78 is 38.8. The molecule has 0 fully saturated rings. The van der Waals surface area contributed by atoms with Crippen molar-refractivity contribution in [1.82, 2.24) is 15.2 Å². The molecule has 0 spiro atoms. The van der Waals surface area contributed by atoms with Crippen LogP contribution in [0.2, 0.25) is 0 Å². The molecule has 3 heterocycles. The van der Waals surface area contributed by atoms with Crippen molar-refractivity contribution in [3.8, 4) is 9.88 Å². The number of carbonyl (C=O) groups is 1. The Morgan fingerprint density at radius 1 is 1.15 bits per heavy atom. The number of hydrogen-bond acceptors (Lipinski definition) is 8. The van der Waals surface area contributed by atoms with Gasteiger partial charge in [-0.3, -0.25) is 9.78 Å². The zero-order valence-corrected chi connectivity index (χ0v) is 19.7. The second-order valence-corrected chi connectivity index (χ2v) is 9.96. The molecule has 0 saturated heterocycles. The Labute approximate surface area is 200 Å². The summed E-state index contributed by atoms with van der Waals surface area (Å²) in [5.74, 6) is 0.768. The standard InChI is InChI=1S/C22H17F3N4OS3/c1-13(30)9-17-10-14(5-7-26-17)12-32-18-6-8-31-19(18)20-28-29-21(33-20)27-16-4-2-3-15(11-16)22(23,24)25/h2-8,10-11H,9,12H2,1H3,(H,27,29). The molecule has 0 aliphatic heterocycles. The minimum absolute atomic E-state index is 0.0678. The molecular formula is C22H17F3N4OS3. The van der Waals surface area contributed by atoms with Gasteiger partial charge >= 0.3 is 6.18 Å². The van der Waals surface area contributed by atoms with Gasteiger partial charge < -0.3 is 5.32 Å². The Bertz CT molecular complexity index is 1270. The molecule has 11 heteroatoms. The lowest BCUT2D eigenvalue weighted by Crippen LogP contribution is -2.05. The van der Waals surface area contributed by atoms with Crippen LogP contribution in [0.3, 0.4) is 0 Å². The molecule has 1 N–H and O–H groups in total. The van der Waals surface area contributed by atoms with Gasteiger partial charge in [0.05, 0.1) is 10.4 Å². The molecule has 33 heavy (non-hydrogen) atoms. The molecule has 0 aliphatic carbocycles. The number of halogens is 3. The number of ketones is 1. The Hall–Kier alpha value is -2.76. The molecular weight excluding hydrogens is 489 g/mol. The first-order valence-corrected chi connectivity index (χ1v) is 12.4. The highest BCUT2D eigenvalue weighted by Gasteiger charge is 2.30. The van der Waals surface area contributed by atoms with Gasteiger partial charge in [0.2, 0.25) is 5.13 Å². The quantitative estimate of drug-likeness (QED) is 0.264. The molecule has 0 atom stereocenters. The average Bonchev–Trinajstić information content (AvgIpc) is 3.41. The van der Waals surface area contributed by atoms with Gasteiger partial charge in [0.15, 0.2) is 5.01 Å². The normalized spacial score (nSPS) is 11.5. The van der Waals surface area contributed by atoms with Crippen LogP contribution in [0.25, 0.3) is 9.88 Å². The van der Waals surface area contributed by atoms with E-state index in [2.05, 4.69) is 20.5 Å². The number of rotatable bonds is 8. The van der Waals surface area contributed by atoms with Crippen LogP contribution >= 0.6 is 34.4 Å². The van der Waals surface area contributed by atoms with E-state index < -0.39 is 11.7 Å². The molecule has 0 radical (unpaired) electrons. The summed E-state index contributed by atoms with van der Waals surface area (Å²) in [6.07, 6.45) is -2.39. The molecule has 4 rings (SSSR count). The maximum absolute atomic E-state index is 12.9. The van der Waals surface area contributed by atoms with Crippen molar-refractivity contribution in [3.63, 3.8) is 0 Å². The van der Waals surface area contributed by atoms with Gasteiger partial charge in [0, 0.05) is 34.6 Å². The van der Waals surface area contributed by atoms with Crippen LogP contribution in [0.4, 0.5) is 24.0 Å². The lowest BCUT2D eigenvalue weighted by atomic mass is 10.2. The molecule has 0 unspecified atom stereocenters. The number of alkyl halides is 3. The van der Waals surface area contributed by atoms with Gasteiger partial charge in [-0.05, 0) is 54.3 Å². The number of aromatic nitrogens is 3. The SMILES string of the molecule is CC(=O)Cc1cc(CSc2ccsc2-c2nnc(Nc3cccc(C(F)(F)F)c3)s2)ccn1. The largest absolute Gasteiger partial charge is 0.416 e. The van der Waals surface area contributed by atoms with Gasteiger partial charge in [-0.1, -0.05) is 17.4 Å². The van der Waals surface area contributed by atoms with Crippen LogP contribution in [0, 0.1) is 0 Å². The van der Waals surface area contributed by atoms with Gasteiger partial charge in [0.1, 0.15) is 5.78 Å². The number of thioether (sulfide) groups is 1. The Morgan fingerprint density at radius 3 is 2.79 bits per heavy atom. The Morgan fingerprint density at radius 2 is 2.00 bits per heavy atom. The van der Waals surface area contributed by atoms with Gasteiger partial charge in [-0.2, -0.15) is 13.2 Å². The van der Waals surface area contributed by atoms with Crippen LogP contribution in [0.15, 0.2) is 58.9 Å². The number of hydrogen-bond donors (Lipinski definition) is 1. The molecule has 1 aromatic carbocycles. The van der Waals surface area contributed by atoms with Gasteiger partial charge in [-0.15, -0.1) is 33.3 Å². The van der Waals surface area contributed by atoms with Crippen molar-refractivity contribution in [2.24, 2.45) is 0 Å². The second-order valence-electron chi connectivity index (χ2n) is 7.05. The summed E-state index contributed by atoms with van der Waals surface area (Å²) in [5.41, 5.74) is 1.39. The van der Waals surface area contributed by atoms with Crippen molar-refractivity contribution in [1.29, 1.82) is 0 Å². The average molecular weight is 507 g/mol. The number of thiophene rings is 1. The summed E-state index contributed by atoms with van der Waals surface area (Å²) in [6.45, 7) is 1.54. The molecule has 170 valence electrons. The van der Waals surface area contributed by atoms with E-state index in [0.29, 0.717) is 28.0 Å². The number of benzene rings is 1. The predicted octanol–water partition coefficient (Wildman–Crippen LogP) is 6.85. The number of anilines is 2. The smallest absolute Gasteiger partial charge is 0.330 e. The zero-order valence-electron chi connectivity index (χ0n) is 17.2. The molecule has 0 amide bonds. The first-order valence-electron chi connectivity index (χ1n) is 9.69. The fourth-order valence-electron chi connectivity index (χ4n) is 2.96. The molecule has 4 aromatic rings. The molecule has 3 aromatic heterocycles. The van der Waals surface area contributed by atoms with E-state index in [9.17, 15) is 18.0 Å². The lowest BCUT2D eigenvalue weighted by molar-refractivity contribution is -0.137. The first kappa shape index (κ1) is 23.4. The van der Waals surface area contributed by atoms with Gasteiger partial charge in [-0.25, -0.2) is 0 Å². The Balaban J connectivity index is 1.45. The maximum Gasteiger partial charge on any atom is 0.416 e. The fraction of sp³-hybridized carbons (Fsp3) is 0.182. The van der Waals surface area contributed by atoms with Crippen LogP contribution in [0.1, 0.15) is 23.7 Å². The van der Waals surface area contributed by atoms with E-state index in [1.54, 1.807) is 30.9 Å². The van der Waals surface area contributed by atoms with E-state index in [1.807, 2.05) is 23.6 Å². The van der Waals surface area contributed by atoms with E-state index in [4.69, 9.17) is 0 Å². The monoisotopic (exact) mass is 506 g/mol. The minimum atomic E-state index is -4.41. The summed E-state index contributed by atoms with van der Waals surface area (Å²) in [4.78, 5) is 17.6. The van der Waals surface area contributed by atoms with E-state index in [0.717, 1.165) is 33.2 Å². The molecule has 0 bridgehead atoms. The zero-order chi connectivity index (χ0) is 23.4. The summed E-state index contributed by atoms with van der Waals surface area (Å²) in [5, 5.41) is 14.3. The molecule has 0 saturated carbocycles. The van der Waals surface area contributed by atoms with E-state index in [-0.39, 0.29) is 5.78 Å². The molecule has 5 nitrogen and oxygen atoms in total. The minimum Gasteiger partial charge on any atom is -0.330 e. The summed E-state index contributed by atoms with van der Waals surface area (Å²) in [6, 6.07) is 10.8. The third-order valence-electron chi connectivity index (χ3n) is 4.39. The van der Waals surface area contributed by atoms with Crippen LogP contribution in [-0.2, 0) is 23.1 Å². The predicted molar refractivity (Wildman–Crippen MR) is 126 cm³/mol. The van der Waals surface area contributed by atoms with Crippen molar-refractivity contribution >= 4 is 51.0 Å². The highest BCUT2D eigenvalue weighted by molar-refractivity contribution is 7.98. The van der Waals surface area contributed by atoms with Gasteiger partial charge in [0.25, 0.3) is 0 Å². The topological polar surface area (TPSA) is 67.8 Å². The first-order chi connectivity index (χ1) is 15.8. The third kappa shape index (κ3) is 6.18. The van der Waals surface area contributed by atoms with Crippen LogP contribution < -0.4 is 5.32 Å². The van der Waals surface area contributed by atoms with Crippen molar-refractivity contribution < 1.29 is 18.0 Å². The number of Topliss-reactive ketones (excluding diaryl/α,β-unsaturated/α-hetero) is 1. The van der Waals surface area contributed by atoms with Crippen molar-refractivity contribution in [2.45, 2.75) is 30.2 Å². The fourth-order valence-corrected chi connectivity index (χ4v) is 5.98. The summed E-state index contributed by atoms with van der Waals surface area (Å²) >= 11 is 4.45. The second kappa shape index (κ2) is 10.0. The lowest BCUT2D eigenvalue weighted by Gasteiger charge is -2.08. The number of nitrogens with one attached hydrogen (secondary N) is 1. The van der Waals surface area contributed by atoms with E-state index >= 15 is 0 Å².